The summed E-state index contributed by atoms with van der Waals surface area (Å²) in [4.78, 5) is 15.0. The third kappa shape index (κ3) is 2.51. The Bertz CT molecular complexity index is 575. The lowest BCUT2D eigenvalue weighted by Gasteiger charge is -2.10. The predicted molar refractivity (Wildman–Crippen MR) is 65.7 cm³/mol. The molecule has 18 heavy (non-hydrogen) atoms. The van der Waals surface area contributed by atoms with Crippen molar-refractivity contribution in [1.29, 1.82) is 0 Å². The molecule has 1 aromatic carbocycles. The molecule has 0 amide bonds. The predicted octanol–water partition coefficient (Wildman–Crippen LogP) is 2.01. The molecule has 0 bridgehead atoms. The molecule has 0 saturated heterocycles. The van der Waals surface area contributed by atoms with Crippen molar-refractivity contribution >= 4 is 5.97 Å². The zero-order chi connectivity index (χ0) is 13.1. The number of nitrogens with zero attached hydrogens (tertiary/aromatic N) is 2. The van der Waals surface area contributed by atoms with Gasteiger partial charge in [0.15, 0.2) is 0 Å². The Hall–Kier alpha value is -2.30. The van der Waals surface area contributed by atoms with Crippen molar-refractivity contribution in [3.63, 3.8) is 0 Å². The van der Waals surface area contributed by atoms with Crippen LogP contribution in [0, 0.1) is 6.92 Å². The fraction of sp³-hybridized carbons (Fsp3) is 0.231. The summed E-state index contributed by atoms with van der Waals surface area (Å²) in [6, 6.07) is 5.02. The highest BCUT2D eigenvalue weighted by Crippen LogP contribution is 2.21. The van der Waals surface area contributed by atoms with Crippen LogP contribution in [0.5, 0.6) is 5.75 Å². The fourth-order valence-corrected chi connectivity index (χ4v) is 1.60. The SMILES string of the molecule is Cc1ccc(C(=O)O)c(OCc2cncn2C)c1. The third-order valence-corrected chi connectivity index (χ3v) is 2.66. The van der Waals surface area contributed by atoms with Gasteiger partial charge >= 0.3 is 5.97 Å². The van der Waals surface area contributed by atoms with Gasteiger partial charge in [0.05, 0.1) is 18.2 Å². The Labute approximate surface area is 105 Å². The number of aromatic nitrogens is 2. The molecule has 0 aliphatic heterocycles. The van der Waals surface area contributed by atoms with Gasteiger partial charge in [-0.1, -0.05) is 6.07 Å². The van der Waals surface area contributed by atoms with Crippen LogP contribution in [0.2, 0.25) is 0 Å². The van der Waals surface area contributed by atoms with Gasteiger partial charge in [-0.25, -0.2) is 9.78 Å². The molecule has 1 N–H and O–H groups in total. The number of carbonyl (C=O) groups is 1. The van der Waals surface area contributed by atoms with Crippen LogP contribution in [0.25, 0.3) is 0 Å². The van der Waals surface area contributed by atoms with E-state index in [1.165, 1.54) is 0 Å². The third-order valence-electron chi connectivity index (χ3n) is 2.66. The molecule has 5 heteroatoms. The Balaban J connectivity index is 2.20. The van der Waals surface area contributed by atoms with Gasteiger partial charge in [-0.2, -0.15) is 0 Å². The molecule has 0 spiro atoms. The molecule has 0 aliphatic rings. The largest absolute Gasteiger partial charge is 0.486 e. The summed E-state index contributed by atoms with van der Waals surface area (Å²) in [6.07, 6.45) is 3.36. The fourth-order valence-electron chi connectivity index (χ4n) is 1.60. The number of hydrogen-bond donors (Lipinski definition) is 1. The molecule has 2 aromatic rings. The summed E-state index contributed by atoms with van der Waals surface area (Å²) in [5.41, 5.74) is 2.01. The molecule has 1 heterocycles. The second-order valence-corrected chi connectivity index (χ2v) is 4.09. The molecule has 2 rings (SSSR count). The second-order valence-electron chi connectivity index (χ2n) is 4.09. The molecule has 0 saturated carbocycles. The van der Waals surface area contributed by atoms with Crippen molar-refractivity contribution in [1.82, 2.24) is 9.55 Å². The van der Waals surface area contributed by atoms with E-state index in [0.29, 0.717) is 12.4 Å². The average Bonchev–Trinajstić information content (AvgIpc) is 2.72. The molecule has 1 aromatic heterocycles. The number of hydrogen-bond acceptors (Lipinski definition) is 3. The van der Waals surface area contributed by atoms with Gasteiger partial charge in [-0.3, -0.25) is 0 Å². The van der Waals surface area contributed by atoms with Crippen molar-refractivity contribution in [2.45, 2.75) is 13.5 Å². The quantitative estimate of drug-likeness (QED) is 0.896. The van der Waals surface area contributed by atoms with Crippen LogP contribution < -0.4 is 4.74 Å². The molecular formula is C13H14N2O3. The van der Waals surface area contributed by atoms with E-state index in [0.717, 1.165) is 11.3 Å². The zero-order valence-electron chi connectivity index (χ0n) is 10.3. The smallest absolute Gasteiger partial charge is 0.339 e. The zero-order valence-corrected chi connectivity index (χ0v) is 10.3. The molecule has 5 nitrogen and oxygen atoms in total. The highest BCUT2D eigenvalue weighted by molar-refractivity contribution is 5.90. The van der Waals surface area contributed by atoms with E-state index in [4.69, 9.17) is 9.84 Å². The maximum atomic E-state index is 11.1. The van der Waals surface area contributed by atoms with E-state index in [2.05, 4.69) is 4.98 Å². The van der Waals surface area contributed by atoms with Gasteiger partial charge in [-0.15, -0.1) is 0 Å². The first-order chi connectivity index (χ1) is 8.58. The number of carboxylic acids is 1. The molecule has 0 unspecified atom stereocenters. The van der Waals surface area contributed by atoms with Crippen LogP contribution in [-0.2, 0) is 13.7 Å². The summed E-state index contributed by atoms with van der Waals surface area (Å²) in [5.74, 6) is -0.612. The second kappa shape index (κ2) is 4.91. The Morgan fingerprint density at radius 1 is 1.50 bits per heavy atom. The monoisotopic (exact) mass is 246 g/mol. The lowest BCUT2D eigenvalue weighted by Crippen LogP contribution is -2.05. The topological polar surface area (TPSA) is 64.3 Å². The number of aryl methyl sites for hydroxylation is 2. The van der Waals surface area contributed by atoms with Gasteiger partial charge in [0.2, 0.25) is 0 Å². The standard InChI is InChI=1S/C13H14N2O3/c1-9-3-4-11(13(16)17)12(5-9)18-7-10-6-14-8-15(10)2/h3-6,8H,7H2,1-2H3,(H,16,17). The first-order valence-electron chi connectivity index (χ1n) is 5.50. The van der Waals surface area contributed by atoms with E-state index >= 15 is 0 Å². The lowest BCUT2D eigenvalue weighted by molar-refractivity contribution is 0.0691. The summed E-state index contributed by atoms with van der Waals surface area (Å²) in [6.45, 7) is 2.18. The normalized spacial score (nSPS) is 10.3. The first-order valence-corrected chi connectivity index (χ1v) is 5.50. The average molecular weight is 246 g/mol. The molecule has 0 fully saturated rings. The molecule has 0 radical (unpaired) electrons. The van der Waals surface area contributed by atoms with E-state index in [-0.39, 0.29) is 5.56 Å². The van der Waals surface area contributed by atoms with Crippen LogP contribution in [0.4, 0.5) is 0 Å². The minimum Gasteiger partial charge on any atom is -0.486 e. The van der Waals surface area contributed by atoms with Crippen molar-refractivity contribution in [3.05, 3.63) is 47.5 Å². The Morgan fingerprint density at radius 2 is 2.28 bits per heavy atom. The lowest BCUT2D eigenvalue weighted by atomic mass is 10.1. The number of aromatic carboxylic acids is 1. The van der Waals surface area contributed by atoms with E-state index in [1.54, 1.807) is 30.7 Å². The summed E-state index contributed by atoms with van der Waals surface area (Å²) >= 11 is 0. The maximum Gasteiger partial charge on any atom is 0.339 e. The highest BCUT2D eigenvalue weighted by atomic mass is 16.5. The molecule has 94 valence electrons. The molecular weight excluding hydrogens is 232 g/mol. The first kappa shape index (κ1) is 12.2. The summed E-state index contributed by atoms with van der Waals surface area (Å²) in [7, 11) is 1.86. The van der Waals surface area contributed by atoms with Crippen molar-refractivity contribution in [2.75, 3.05) is 0 Å². The molecule has 0 aliphatic carbocycles. The van der Waals surface area contributed by atoms with E-state index in [1.807, 2.05) is 18.5 Å². The summed E-state index contributed by atoms with van der Waals surface area (Å²) < 4.78 is 7.39. The minimum absolute atomic E-state index is 0.169. The van der Waals surface area contributed by atoms with Gasteiger partial charge in [0.1, 0.15) is 17.9 Å². The minimum atomic E-state index is -0.991. The Morgan fingerprint density at radius 3 is 2.89 bits per heavy atom. The van der Waals surface area contributed by atoms with Gasteiger partial charge in [0.25, 0.3) is 0 Å². The van der Waals surface area contributed by atoms with Crippen LogP contribution in [0.3, 0.4) is 0 Å². The van der Waals surface area contributed by atoms with Crippen LogP contribution >= 0.6 is 0 Å². The Kier molecular flexibility index (Phi) is 3.32. The number of ether oxygens (including phenoxy) is 1. The number of carboxylic acid groups (broad SMARTS) is 1. The number of imidazole rings is 1. The number of rotatable bonds is 4. The van der Waals surface area contributed by atoms with Gasteiger partial charge in [0, 0.05) is 7.05 Å². The van der Waals surface area contributed by atoms with Gasteiger partial charge < -0.3 is 14.4 Å². The maximum absolute atomic E-state index is 11.1. The number of benzene rings is 1. The van der Waals surface area contributed by atoms with Crippen molar-refractivity contribution in [2.24, 2.45) is 7.05 Å². The van der Waals surface area contributed by atoms with Crippen LogP contribution in [0.15, 0.2) is 30.7 Å². The van der Waals surface area contributed by atoms with E-state index in [9.17, 15) is 4.79 Å². The summed E-state index contributed by atoms with van der Waals surface area (Å²) in [5, 5.41) is 9.07. The van der Waals surface area contributed by atoms with Crippen LogP contribution in [-0.4, -0.2) is 20.6 Å². The van der Waals surface area contributed by atoms with E-state index < -0.39 is 5.97 Å². The highest BCUT2D eigenvalue weighted by Gasteiger charge is 2.11. The molecule has 0 atom stereocenters. The van der Waals surface area contributed by atoms with Crippen LogP contribution in [0.1, 0.15) is 21.6 Å². The van der Waals surface area contributed by atoms with Crippen molar-refractivity contribution < 1.29 is 14.6 Å². The van der Waals surface area contributed by atoms with Crippen molar-refractivity contribution in [3.8, 4) is 5.75 Å². The van der Waals surface area contributed by atoms with Gasteiger partial charge in [-0.05, 0) is 24.6 Å².